The third-order valence-electron chi connectivity index (χ3n) is 6.31. The van der Waals surface area contributed by atoms with Gasteiger partial charge in [-0.2, -0.15) is 4.37 Å². The van der Waals surface area contributed by atoms with Crippen LogP contribution in [0.15, 0.2) is 81.1 Å². The number of oxazole rings is 1. The van der Waals surface area contributed by atoms with Crippen LogP contribution in [-0.2, 0) is 29.5 Å². The molecule has 6 rings (SSSR count). The number of hydrogen-bond donors (Lipinski definition) is 2. The third kappa shape index (κ3) is 4.11. The van der Waals surface area contributed by atoms with Gasteiger partial charge in [0.2, 0.25) is 5.13 Å². The molecular weight excluding hydrogens is 498 g/mol. The summed E-state index contributed by atoms with van der Waals surface area (Å²) in [5.41, 5.74) is 6.49. The molecule has 9 nitrogen and oxygen atoms in total. The fourth-order valence-electron chi connectivity index (χ4n) is 4.61. The molecule has 0 saturated heterocycles. The maximum Gasteiger partial charge on any atom is 0.420 e. The Morgan fingerprint density at radius 2 is 1.94 bits per heavy atom. The van der Waals surface area contributed by atoms with E-state index in [0.29, 0.717) is 5.52 Å². The largest absolute Gasteiger partial charge is 0.420 e. The summed E-state index contributed by atoms with van der Waals surface area (Å²) >= 11 is 0.931. The number of nitrogens with zero attached hydrogens (tertiary/aromatic N) is 3. The number of sulfonamides is 1. The van der Waals surface area contributed by atoms with Crippen molar-refractivity contribution in [2.75, 3.05) is 11.3 Å². The molecule has 0 unspecified atom stereocenters. The van der Waals surface area contributed by atoms with Crippen LogP contribution >= 0.6 is 11.5 Å². The first-order chi connectivity index (χ1) is 17.5. The minimum Gasteiger partial charge on any atom is -0.408 e. The fraction of sp³-hybridized carbons (Fsp3) is 0.160. The number of rotatable bonds is 6. The van der Waals surface area contributed by atoms with Crippen molar-refractivity contribution >= 4 is 37.8 Å². The lowest BCUT2D eigenvalue weighted by Crippen LogP contribution is -2.24. The van der Waals surface area contributed by atoms with Crippen molar-refractivity contribution in [3.05, 3.63) is 94.2 Å². The molecule has 0 radical (unpaired) electrons. The molecule has 2 N–H and O–H groups in total. The van der Waals surface area contributed by atoms with E-state index in [1.54, 1.807) is 6.07 Å². The van der Waals surface area contributed by atoms with Crippen molar-refractivity contribution < 1.29 is 12.8 Å². The second-order valence-corrected chi connectivity index (χ2v) is 10.9. The summed E-state index contributed by atoms with van der Waals surface area (Å²) in [4.78, 5) is 16.7. The summed E-state index contributed by atoms with van der Waals surface area (Å²) < 4.78 is 38.6. The average molecular weight is 520 g/mol. The minimum absolute atomic E-state index is 0.0325. The maximum absolute atomic E-state index is 12.8. The van der Waals surface area contributed by atoms with Crippen LogP contribution in [0.3, 0.4) is 0 Å². The van der Waals surface area contributed by atoms with Gasteiger partial charge in [-0.1, -0.05) is 42.5 Å². The summed E-state index contributed by atoms with van der Waals surface area (Å²) in [5.74, 6) is -0.553. The molecule has 2 aromatic heterocycles. The van der Waals surface area contributed by atoms with Gasteiger partial charge in [-0.05, 0) is 52.9 Å². The van der Waals surface area contributed by atoms with Crippen LogP contribution < -0.4 is 15.8 Å². The van der Waals surface area contributed by atoms with Gasteiger partial charge < -0.3 is 9.73 Å². The Bertz CT molecular complexity index is 1740. The van der Waals surface area contributed by atoms with Crippen molar-refractivity contribution in [3.63, 3.8) is 0 Å². The summed E-state index contributed by atoms with van der Waals surface area (Å²) in [6.45, 7) is 2.05. The smallest absolute Gasteiger partial charge is 0.408 e. The molecule has 3 aromatic carbocycles. The van der Waals surface area contributed by atoms with Gasteiger partial charge in [0.05, 0.1) is 17.0 Å². The van der Waals surface area contributed by atoms with Crippen LogP contribution in [-0.4, -0.2) is 28.9 Å². The second kappa shape index (κ2) is 9.01. The highest BCUT2D eigenvalue weighted by Crippen LogP contribution is 2.32. The molecule has 3 heterocycles. The van der Waals surface area contributed by atoms with Crippen LogP contribution in [0.25, 0.3) is 22.2 Å². The number of nitrogens with one attached hydrogen (secondary N) is 2. The normalized spacial score (nSPS) is 13.6. The van der Waals surface area contributed by atoms with Crippen molar-refractivity contribution in [1.82, 2.24) is 19.2 Å². The Morgan fingerprint density at radius 1 is 1.08 bits per heavy atom. The van der Waals surface area contributed by atoms with Crippen molar-refractivity contribution in [2.45, 2.75) is 24.4 Å². The Kier molecular flexibility index (Phi) is 5.67. The first kappa shape index (κ1) is 22.7. The van der Waals surface area contributed by atoms with E-state index in [4.69, 9.17) is 4.42 Å². The van der Waals surface area contributed by atoms with E-state index in [1.165, 1.54) is 34.2 Å². The van der Waals surface area contributed by atoms with Crippen LogP contribution in [0.5, 0.6) is 0 Å². The van der Waals surface area contributed by atoms with E-state index in [0.717, 1.165) is 47.7 Å². The lowest BCUT2D eigenvalue weighted by atomic mass is 9.90. The first-order valence-electron chi connectivity index (χ1n) is 11.3. The van der Waals surface area contributed by atoms with Gasteiger partial charge in [-0.15, -0.1) is 0 Å². The predicted molar refractivity (Wildman–Crippen MR) is 138 cm³/mol. The first-order valence-corrected chi connectivity index (χ1v) is 13.6. The Hall–Kier alpha value is -3.80. The van der Waals surface area contributed by atoms with Crippen LogP contribution in [0.2, 0.25) is 0 Å². The fourth-order valence-corrected chi connectivity index (χ4v) is 6.29. The highest BCUT2D eigenvalue weighted by Gasteiger charge is 2.20. The Balaban J connectivity index is 1.38. The van der Waals surface area contributed by atoms with E-state index < -0.39 is 15.8 Å². The molecule has 0 bridgehead atoms. The van der Waals surface area contributed by atoms with Gasteiger partial charge in [0.25, 0.3) is 10.0 Å². The Morgan fingerprint density at radius 3 is 2.81 bits per heavy atom. The molecule has 1 aliphatic heterocycles. The molecule has 1 aliphatic rings. The summed E-state index contributed by atoms with van der Waals surface area (Å²) in [5, 5.41) is 3.61. The number of aromatic nitrogens is 3. The Labute approximate surface area is 210 Å². The topological polar surface area (TPSA) is 119 Å². The average Bonchev–Trinajstić information content (AvgIpc) is 3.50. The highest BCUT2D eigenvalue weighted by atomic mass is 32.2. The monoisotopic (exact) mass is 519 g/mol. The van der Waals surface area contributed by atoms with Crippen LogP contribution in [0.4, 0.5) is 5.13 Å². The molecule has 0 atom stereocenters. The zero-order valence-corrected chi connectivity index (χ0v) is 20.6. The number of fused-ring (bicyclic) bond motifs is 2. The third-order valence-corrected chi connectivity index (χ3v) is 8.36. The lowest BCUT2D eigenvalue weighted by Gasteiger charge is -2.22. The number of hydrogen-bond acceptors (Lipinski definition) is 8. The summed E-state index contributed by atoms with van der Waals surface area (Å²) in [6, 6.07) is 18.8. The molecule has 0 amide bonds. The predicted octanol–water partition coefficient (Wildman–Crippen LogP) is 3.61. The van der Waals surface area contributed by atoms with Crippen molar-refractivity contribution in [3.8, 4) is 11.1 Å². The van der Waals surface area contributed by atoms with E-state index in [9.17, 15) is 13.2 Å². The van der Waals surface area contributed by atoms with Gasteiger partial charge in [0.1, 0.15) is 6.33 Å². The van der Waals surface area contributed by atoms with E-state index >= 15 is 0 Å². The molecule has 182 valence electrons. The minimum atomic E-state index is -3.91. The summed E-state index contributed by atoms with van der Waals surface area (Å²) in [7, 11) is -3.91. The molecule has 36 heavy (non-hydrogen) atoms. The van der Waals surface area contributed by atoms with Crippen molar-refractivity contribution in [2.24, 2.45) is 0 Å². The second-order valence-electron chi connectivity index (χ2n) is 8.46. The van der Waals surface area contributed by atoms with Gasteiger partial charge in [0, 0.05) is 24.1 Å². The summed E-state index contributed by atoms with van der Waals surface area (Å²) in [6.07, 6.45) is 2.25. The van der Waals surface area contributed by atoms with E-state index in [1.807, 2.05) is 18.2 Å². The van der Waals surface area contributed by atoms with E-state index in [2.05, 4.69) is 43.7 Å². The highest BCUT2D eigenvalue weighted by molar-refractivity contribution is 7.93. The van der Waals surface area contributed by atoms with Gasteiger partial charge in [0.15, 0.2) is 5.58 Å². The quantitative estimate of drug-likeness (QED) is 0.352. The molecule has 5 aromatic rings. The zero-order chi connectivity index (χ0) is 24.7. The molecule has 11 heteroatoms. The number of benzene rings is 3. The number of anilines is 1. The van der Waals surface area contributed by atoms with Gasteiger partial charge in [-0.3, -0.25) is 9.29 Å². The molecule has 0 fully saturated rings. The van der Waals surface area contributed by atoms with E-state index in [-0.39, 0.29) is 22.2 Å². The standard InChI is InChI=1S/C25H21N5O4S2/c31-25-30(22-9-8-18(12-23(22)34-25)36(32,33)29-24-27-15-28-35-24)14-17-4-1-2-6-19(17)20-7-3-5-16-10-11-26-13-21(16)20/h1-9,12,15,26H,10-11,13-14H2,(H,27,28,29). The van der Waals surface area contributed by atoms with Crippen molar-refractivity contribution in [1.29, 1.82) is 0 Å². The maximum atomic E-state index is 12.8. The van der Waals surface area contributed by atoms with Crippen LogP contribution in [0.1, 0.15) is 16.7 Å². The van der Waals surface area contributed by atoms with Crippen LogP contribution in [0, 0.1) is 0 Å². The molecular formula is C25H21N5O4S2. The molecule has 0 spiro atoms. The zero-order valence-electron chi connectivity index (χ0n) is 19.0. The SMILES string of the molecule is O=c1oc2cc(S(=O)(=O)Nc3ncns3)ccc2n1Cc1ccccc1-c1cccc2c1CNCC2. The molecule has 0 saturated carbocycles. The molecule has 0 aliphatic carbocycles. The lowest BCUT2D eigenvalue weighted by molar-refractivity contribution is 0.517. The van der Waals surface area contributed by atoms with Gasteiger partial charge in [-0.25, -0.2) is 18.2 Å². The van der Waals surface area contributed by atoms with Gasteiger partial charge >= 0.3 is 5.76 Å².